The average molecular weight is 290 g/mol. The highest BCUT2D eigenvalue weighted by Crippen LogP contribution is 2.30. The first kappa shape index (κ1) is 14.6. The largest absolute Gasteiger partial charge is 0.393 e. The zero-order valence-electron chi connectivity index (χ0n) is 10.8. The minimum Gasteiger partial charge on any atom is -0.393 e. The summed E-state index contributed by atoms with van der Waals surface area (Å²) in [6, 6.07) is 0. The van der Waals surface area contributed by atoms with Crippen LogP contribution in [0.4, 0.5) is 20.3 Å². The first-order valence-electron chi connectivity index (χ1n) is 6.40. The summed E-state index contributed by atoms with van der Waals surface area (Å²) in [5.74, 6) is 0.101. The zero-order valence-corrected chi connectivity index (χ0v) is 10.8. The number of halogens is 2. The molecule has 1 N–H and O–H groups in total. The Morgan fingerprint density at radius 1 is 1.50 bits per heavy atom. The van der Waals surface area contributed by atoms with Crippen LogP contribution in [0.25, 0.3) is 0 Å². The third-order valence-electron chi connectivity index (χ3n) is 3.30. The monoisotopic (exact) mass is 290 g/mol. The van der Waals surface area contributed by atoms with E-state index in [0.29, 0.717) is 32.4 Å². The molecule has 0 bridgehead atoms. The number of rotatable bonds is 4. The van der Waals surface area contributed by atoms with Crippen LogP contribution >= 0.6 is 0 Å². The number of hydrogen-bond donors (Lipinski definition) is 1. The van der Waals surface area contributed by atoms with E-state index in [9.17, 15) is 24.0 Å². The predicted molar refractivity (Wildman–Crippen MR) is 67.0 cm³/mol. The van der Waals surface area contributed by atoms with Gasteiger partial charge in [0.05, 0.1) is 11.0 Å². The first-order valence-corrected chi connectivity index (χ1v) is 6.40. The lowest BCUT2D eigenvalue weighted by Gasteiger charge is -2.22. The van der Waals surface area contributed by atoms with Crippen molar-refractivity contribution in [3.8, 4) is 0 Å². The topological polar surface area (TPSA) is 84.4 Å². The fraction of sp³-hybridized carbons (Fsp3) is 0.727. The van der Waals surface area contributed by atoms with E-state index < -0.39 is 24.0 Å². The van der Waals surface area contributed by atoms with Gasteiger partial charge >= 0.3 is 5.69 Å². The maximum Gasteiger partial charge on any atom is 0.331 e. The van der Waals surface area contributed by atoms with Crippen LogP contribution < -0.4 is 4.90 Å². The number of aliphatic hydroxyl groups is 1. The fourth-order valence-electron chi connectivity index (χ4n) is 2.38. The fourth-order valence-corrected chi connectivity index (χ4v) is 2.38. The van der Waals surface area contributed by atoms with Gasteiger partial charge < -0.3 is 10.0 Å². The molecular formula is C11H16F2N4O3. The Labute approximate surface area is 113 Å². The quantitative estimate of drug-likeness (QED) is 0.669. The van der Waals surface area contributed by atoms with Gasteiger partial charge in [0, 0.05) is 13.1 Å². The van der Waals surface area contributed by atoms with E-state index in [1.54, 1.807) is 4.90 Å². The van der Waals surface area contributed by atoms with Gasteiger partial charge in [-0.1, -0.05) is 0 Å². The molecule has 1 atom stereocenters. The van der Waals surface area contributed by atoms with E-state index in [-0.39, 0.29) is 11.5 Å². The molecule has 0 saturated carbocycles. The number of hydrogen-bond acceptors (Lipinski definition) is 5. The van der Waals surface area contributed by atoms with Crippen LogP contribution in [0.5, 0.6) is 0 Å². The van der Waals surface area contributed by atoms with Crippen molar-refractivity contribution in [2.75, 3.05) is 18.0 Å². The minimum atomic E-state index is -2.63. The van der Waals surface area contributed by atoms with Crippen molar-refractivity contribution in [2.45, 2.75) is 38.3 Å². The van der Waals surface area contributed by atoms with Crippen LogP contribution in [0, 0.1) is 10.1 Å². The van der Waals surface area contributed by atoms with Crippen LogP contribution in [0.3, 0.4) is 0 Å². The lowest BCUT2D eigenvalue weighted by Crippen LogP contribution is -2.28. The molecule has 0 aromatic carbocycles. The Morgan fingerprint density at radius 3 is 2.90 bits per heavy atom. The van der Waals surface area contributed by atoms with E-state index in [4.69, 9.17) is 0 Å². The Kier molecular flexibility index (Phi) is 4.48. The lowest BCUT2D eigenvalue weighted by molar-refractivity contribution is -0.384. The Balaban J connectivity index is 2.31. The summed E-state index contributed by atoms with van der Waals surface area (Å²) in [6.07, 6.45) is -0.377. The van der Waals surface area contributed by atoms with Gasteiger partial charge in [0.25, 0.3) is 6.43 Å². The maximum absolute atomic E-state index is 12.5. The van der Waals surface area contributed by atoms with Crippen molar-refractivity contribution in [3.05, 3.63) is 16.3 Å². The minimum absolute atomic E-state index is 0.101. The smallest absolute Gasteiger partial charge is 0.331 e. The summed E-state index contributed by atoms with van der Waals surface area (Å²) in [4.78, 5) is 12.0. The lowest BCUT2D eigenvalue weighted by atomic mass is 10.2. The third-order valence-corrected chi connectivity index (χ3v) is 3.30. The molecule has 2 rings (SSSR count). The molecule has 1 fully saturated rings. The van der Waals surface area contributed by atoms with E-state index in [1.807, 2.05) is 0 Å². The number of aromatic nitrogens is 2. The van der Waals surface area contributed by atoms with Crippen LogP contribution in [0.15, 0.2) is 6.20 Å². The molecular weight excluding hydrogens is 274 g/mol. The highest BCUT2D eigenvalue weighted by Gasteiger charge is 2.28. The summed E-state index contributed by atoms with van der Waals surface area (Å²) in [6.45, 7) is 0.187. The highest BCUT2D eigenvalue weighted by molar-refractivity contribution is 5.57. The maximum atomic E-state index is 12.5. The molecule has 1 aliphatic heterocycles. The van der Waals surface area contributed by atoms with Crippen molar-refractivity contribution >= 4 is 11.5 Å². The van der Waals surface area contributed by atoms with Gasteiger partial charge in [-0.25, -0.2) is 13.5 Å². The van der Waals surface area contributed by atoms with Crippen molar-refractivity contribution in [3.63, 3.8) is 0 Å². The van der Waals surface area contributed by atoms with E-state index in [1.165, 1.54) is 0 Å². The normalized spacial score (nSPS) is 20.2. The number of aliphatic hydroxyl groups excluding tert-OH is 1. The number of alkyl halides is 2. The SMILES string of the molecule is O=[N+]([O-])c1cnn(CC(F)F)c1N1CCC[C@@H](O)CC1. The van der Waals surface area contributed by atoms with Gasteiger partial charge in [0.15, 0.2) is 0 Å². The van der Waals surface area contributed by atoms with E-state index in [0.717, 1.165) is 10.9 Å². The second-order valence-corrected chi connectivity index (χ2v) is 4.76. The van der Waals surface area contributed by atoms with E-state index in [2.05, 4.69) is 5.10 Å². The second kappa shape index (κ2) is 6.12. The van der Waals surface area contributed by atoms with Crippen molar-refractivity contribution in [1.82, 2.24) is 9.78 Å². The predicted octanol–water partition coefficient (Wildman–Crippen LogP) is 1.41. The van der Waals surface area contributed by atoms with Gasteiger partial charge in [0.1, 0.15) is 12.7 Å². The van der Waals surface area contributed by atoms with Crippen LogP contribution in [-0.4, -0.2) is 45.4 Å². The molecule has 0 spiro atoms. The number of anilines is 1. The highest BCUT2D eigenvalue weighted by atomic mass is 19.3. The van der Waals surface area contributed by atoms with Gasteiger partial charge in [-0.15, -0.1) is 0 Å². The Morgan fingerprint density at radius 2 is 2.25 bits per heavy atom. The Hall–Kier alpha value is -1.77. The molecule has 1 aliphatic rings. The van der Waals surface area contributed by atoms with Crippen molar-refractivity contribution < 1.29 is 18.8 Å². The summed E-state index contributed by atoms with van der Waals surface area (Å²) in [5, 5.41) is 24.3. The van der Waals surface area contributed by atoms with Gasteiger partial charge in [-0.05, 0) is 19.3 Å². The van der Waals surface area contributed by atoms with Crippen LogP contribution in [0.2, 0.25) is 0 Å². The molecule has 0 aliphatic carbocycles. The third kappa shape index (κ3) is 3.21. The summed E-state index contributed by atoms with van der Waals surface area (Å²) in [7, 11) is 0. The summed E-state index contributed by atoms with van der Waals surface area (Å²) < 4.78 is 26.0. The van der Waals surface area contributed by atoms with Crippen LogP contribution in [0.1, 0.15) is 19.3 Å². The van der Waals surface area contributed by atoms with Crippen molar-refractivity contribution in [1.29, 1.82) is 0 Å². The number of nitrogens with zero attached hydrogens (tertiary/aromatic N) is 4. The molecule has 0 amide bonds. The van der Waals surface area contributed by atoms with Crippen molar-refractivity contribution in [2.24, 2.45) is 0 Å². The van der Waals surface area contributed by atoms with Gasteiger partial charge in [0.2, 0.25) is 5.82 Å². The standard InChI is InChI=1S/C11H16F2N4O3/c12-10(13)7-16-11(9(6-14-16)17(19)20)15-4-1-2-8(18)3-5-15/h6,8,10,18H,1-5,7H2/t8-/m1/s1. The zero-order chi connectivity index (χ0) is 14.7. The molecule has 0 unspecified atom stereocenters. The van der Waals surface area contributed by atoms with Crippen LogP contribution in [-0.2, 0) is 6.54 Å². The molecule has 2 heterocycles. The molecule has 0 radical (unpaired) electrons. The van der Waals surface area contributed by atoms with Gasteiger partial charge in [-0.2, -0.15) is 5.10 Å². The first-order chi connectivity index (χ1) is 9.49. The average Bonchev–Trinajstić information content (AvgIpc) is 2.64. The molecule has 9 heteroatoms. The molecule has 7 nitrogen and oxygen atoms in total. The molecule has 112 valence electrons. The molecule has 1 aromatic heterocycles. The molecule has 1 aromatic rings. The Bertz CT molecular complexity index is 480. The summed E-state index contributed by atoms with van der Waals surface area (Å²) in [5.41, 5.74) is -0.276. The summed E-state index contributed by atoms with van der Waals surface area (Å²) >= 11 is 0. The molecule has 1 saturated heterocycles. The number of nitro groups is 1. The van der Waals surface area contributed by atoms with Gasteiger partial charge in [-0.3, -0.25) is 10.1 Å². The van der Waals surface area contributed by atoms with E-state index >= 15 is 0 Å². The molecule has 20 heavy (non-hydrogen) atoms. The second-order valence-electron chi connectivity index (χ2n) is 4.76.